The van der Waals surface area contributed by atoms with Crippen molar-refractivity contribution in [2.75, 3.05) is 0 Å². The first-order chi connectivity index (χ1) is 30.9. The monoisotopic (exact) mass is 1220 g/mol. The van der Waals surface area contributed by atoms with Crippen molar-refractivity contribution in [3.8, 4) is 40.6 Å². The molecular formula is C51H26F3N7O2Pt2. The predicted molar refractivity (Wildman–Crippen MR) is 234 cm³/mol. The number of nitrogens with zero attached hydrogens (tertiary/aromatic N) is 7. The van der Waals surface area contributed by atoms with Gasteiger partial charge in [0.2, 0.25) is 5.95 Å². The number of aromatic nitrogens is 7. The van der Waals surface area contributed by atoms with Gasteiger partial charge < -0.3 is 23.2 Å². The second-order valence-electron chi connectivity index (χ2n) is 14.7. The van der Waals surface area contributed by atoms with Crippen LogP contribution in [0.4, 0.5) is 13.2 Å². The number of rotatable bonds is 7. The minimum atomic E-state index is -4.63. The van der Waals surface area contributed by atoms with E-state index in [0.717, 1.165) is 67.6 Å². The predicted octanol–water partition coefficient (Wildman–Crippen LogP) is 12.4. The zero-order valence-corrected chi connectivity index (χ0v) is 37.8. The van der Waals surface area contributed by atoms with Gasteiger partial charge >= 0.3 is 48.3 Å². The van der Waals surface area contributed by atoms with E-state index in [2.05, 4.69) is 56.3 Å². The maximum Gasteiger partial charge on any atom is 2.00 e. The molecule has 0 amide bonds. The number of halogens is 3. The van der Waals surface area contributed by atoms with Crippen LogP contribution in [0.1, 0.15) is 5.56 Å². The van der Waals surface area contributed by atoms with Crippen LogP contribution in [0.5, 0.6) is 23.0 Å². The minimum Gasteiger partial charge on any atom is -0.509 e. The molecule has 318 valence electrons. The van der Waals surface area contributed by atoms with E-state index in [0.29, 0.717) is 44.8 Å². The van der Waals surface area contributed by atoms with Crippen LogP contribution in [0.3, 0.4) is 0 Å². The molecular weight excluding hydrogens is 1190 g/mol. The van der Waals surface area contributed by atoms with Crippen LogP contribution in [-0.4, -0.2) is 33.6 Å². The van der Waals surface area contributed by atoms with Crippen molar-refractivity contribution >= 4 is 65.4 Å². The summed E-state index contributed by atoms with van der Waals surface area (Å²) in [5, 5.41) is 5.47. The van der Waals surface area contributed by atoms with Crippen molar-refractivity contribution in [1.29, 1.82) is 0 Å². The normalized spacial score (nSPS) is 11.7. The van der Waals surface area contributed by atoms with Crippen LogP contribution in [0.2, 0.25) is 0 Å². The number of pyridine rings is 2. The van der Waals surface area contributed by atoms with Gasteiger partial charge in [-0.1, -0.05) is 70.6 Å². The number of para-hydroxylation sites is 2. The van der Waals surface area contributed by atoms with Gasteiger partial charge in [0.1, 0.15) is 11.6 Å². The van der Waals surface area contributed by atoms with E-state index in [1.165, 1.54) is 0 Å². The van der Waals surface area contributed by atoms with E-state index >= 15 is 0 Å². The summed E-state index contributed by atoms with van der Waals surface area (Å²) in [5.41, 5.74) is 3.42. The molecule has 0 aliphatic heterocycles. The topological polar surface area (TPSA) is 84.8 Å². The molecule has 6 heterocycles. The molecule has 0 saturated carbocycles. The summed E-state index contributed by atoms with van der Waals surface area (Å²) >= 11 is 0. The molecule has 6 aromatic heterocycles. The van der Waals surface area contributed by atoms with Gasteiger partial charge in [-0.2, -0.15) is 48.2 Å². The van der Waals surface area contributed by atoms with E-state index in [-0.39, 0.29) is 48.1 Å². The number of fused-ring (bicyclic) bond motifs is 9. The fourth-order valence-corrected chi connectivity index (χ4v) is 8.28. The van der Waals surface area contributed by atoms with Crippen LogP contribution < -0.4 is 9.47 Å². The van der Waals surface area contributed by atoms with Crippen molar-refractivity contribution in [2.45, 2.75) is 6.18 Å². The van der Waals surface area contributed by atoms with Crippen LogP contribution in [0.15, 0.2) is 158 Å². The summed E-state index contributed by atoms with van der Waals surface area (Å²) in [6.07, 6.45) is 0.384. The van der Waals surface area contributed by atoms with Gasteiger partial charge in [-0.05, 0) is 47.2 Å². The Labute approximate surface area is 396 Å². The number of hydrogen-bond donors (Lipinski definition) is 0. The molecule has 65 heavy (non-hydrogen) atoms. The summed E-state index contributed by atoms with van der Waals surface area (Å²) in [7, 11) is 0. The number of hydrogen-bond acceptors (Lipinski definition) is 6. The van der Waals surface area contributed by atoms with E-state index in [4.69, 9.17) is 9.47 Å². The van der Waals surface area contributed by atoms with Crippen molar-refractivity contribution in [1.82, 2.24) is 33.6 Å². The largest absolute Gasteiger partial charge is 2.00 e. The van der Waals surface area contributed by atoms with Crippen molar-refractivity contribution in [3.05, 3.63) is 188 Å². The molecule has 0 radical (unpaired) electrons. The Balaban J connectivity index is 0.00000249. The summed E-state index contributed by atoms with van der Waals surface area (Å²) in [6.45, 7) is 0. The quantitative estimate of drug-likeness (QED) is 0.148. The third-order valence-corrected chi connectivity index (χ3v) is 11.0. The summed E-state index contributed by atoms with van der Waals surface area (Å²) in [5.74, 6) is 2.95. The molecule has 0 aliphatic carbocycles. The number of benzene rings is 6. The Morgan fingerprint density at radius 1 is 0.400 bits per heavy atom. The molecule has 0 saturated heterocycles. The molecule has 9 nitrogen and oxygen atoms in total. The summed E-state index contributed by atoms with van der Waals surface area (Å²) in [4.78, 5) is 17.6. The van der Waals surface area contributed by atoms with Crippen molar-refractivity contribution < 1.29 is 64.8 Å². The molecule has 12 rings (SSSR count). The Kier molecular flexibility index (Phi) is 10.6. The molecule has 14 heteroatoms. The standard InChI is InChI=1S/C51H26F3N7O2.2Pt/c52-51(53,54)31-29-57-50(58-30-31)61-46-27-34(62-32-15-19-38-36-9-1-3-11-42(36)59(44(38)25-32)48-13-5-7-23-55-48)17-21-40(46)41-22-18-35(28-47(41)61)63-33-16-20-39-37-10-2-4-12-43(37)60(45(39)26-33)49-14-6-8-24-56-49;;/h1-24,29-30H;;/q-4;2*+2. The van der Waals surface area contributed by atoms with Crippen LogP contribution in [0.25, 0.3) is 83.0 Å². The van der Waals surface area contributed by atoms with Gasteiger partial charge in [0.15, 0.2) is 0 Å². The smallest absolute Gasteiger partial charge is 0.509 e. The third-order valence-electron chi connectivity index (χ3n) is 11.0. The maximum atomic E-state index is 13.7. The fraction of sp³-hybridized carbons (Fsp3) is 0.0196. The molecule has 0 fully saturated rings. The molecule has 0 unspecified atom stereocenters. The Morgan fingerprint density at radius 2 is 0.769 bits per heavy atom. The Hall–Kier alpha value is -7.13. The summed E-state index contributed by atoms with van der Waals surface area (Å²) < 4.78 is 59.6. The number of ether oxygens (including phenoxy) is 2. The zero-order chi connectivity index (χ0) is 42.2. The first-order valence-corrected chi connectivity index (χ1v) is 19.8. The van der Waals surface area contributed by atoms with Crippen LogP contribution in [0, 0.1) is 24.3 Å². The fourth-order valence-electron chi connectivity index (χ4n) is 8.28. The van der Waals surface area contributed by atoms with Gasteiger partial charge in [0.25, 0.3) is 0 Å². The molecule has 0 atom stereocenters. The molecule has 0 N–H and O–H groups in total. The number of alkyl halides is 3. The van der Waals surface area contributed by atoms with E-state index < -0.39 is 11.7 Å². The zero-order valence-electron chi connectivity index (χ0n) is 33.2. The van der Waals surface area contributed by atoms with E-state index in [1.54, 1.807) is 29.1 Å². The van der Waals surface area contributed by atoms with Gasteiger partial charge in [0.05, 0.1) is 5.56 Å². The van der Waals surface area contributed by atoms with Crippen LogP contribution >= 0.6 is 0 Å². The first-order valence-electron chi connectivity index (χ1n) is 19.8. The average molecular weight is 1220 g/mol. The van der Waals surface area contributed by atoms with Gasteiger partial charge in [0, 0.05) is 58.8 Å². The molecule has 0 bridgehead atoms. The second kappa shape index (κ2) is 16.5. The molecule has 12 aromatic rings. The third kappa shape index (κ3) is 7.14. The SMILES string of the molecule is FC(F)(F)c1cnc(-n2c3[c-]c(Oc4[c-]c5c(cc4)c4ccccc4n5-c4ccccn4)ccc3c3ccc(Oc4[c-]c5c(cc4)c4ccccc4n5-c4ccccn4)[c-]c32)nc1.[Pt+2].[Pt+2]. The molecule has 0 aliphatic rings. The molecule has 6 aromatic carbocycles. The van der Waals surface area contributed by atoms with Gasteiger partial charge in [-0.3, -0.25) is 0 Å². The maximum absolute atomic E-state index is 13.7. The Bertz CT molecular complexity index is 3530. The average Bonchev–Trinajstić information content (AvgIpc) is 3.94. The van der Waals surface area contributed by atoms with E-state index in [1.807, 2.05) is 118 Å². The van der Waals surface area contributed by atoms with Crippen molar-refractivity contribution in [2.24, 2.45) is 0 Å². The van der Waals surface area contributed by atoms with Crippen LogP contribution in [-0.2, 0) is 48.3 Å². The van der Waals surface area contributed by atoms with Crippen molar-refractivity contribution in [3.63, 3.8) is 0 Å². The second-order valence-corrected chi connectivity index (χ2v) is 14.7. The van der Waals surface area contributed by atoms with Gasteiger partial charge in [-0.25, -0.2) is 19.9 Å². The Morgan fingerprint density at radius 3 is 1.15 bits per heavy atom. The van der Waals surface area contributed by atoms with E-state index in [9.17, 15) is 13.2 Å². The van der Waals surface area contributed by atoms with Gasteiger partial charge in [-0.15, -0.1) is 59.3 Å². The first kappa shape index (κ1) is 41.9. The minimum absolute atomic E-state index is 0. The summed E-state index contributed by atoms with van der Waals surface area (Å²) in [6, 6.07) is 56.1. The molecule has 0 spiro atoms.